The fourth-order valence-corrected chi connectivity index (χ4v) is 2.00. The minimum atomic E-state index is 0.678. The van der Waals surface area contributed by atoms with Crippen molar-refractivity contribution in [3.05, 3.63) is 28.5 Å². The van der Waals surface area contributed by atoms with Crippen LogP contribution in [-0.4, -0.2) is 9.38 Å². The van der Waals surface area contributed by atoms with Crippen LogP contribution in [0.15, 0.2) is 22.9 Å². The Morgan fingerprint density at radius 1 is 1.62 bits per heavy atom. The van der Waals surface area contributed by atoms with Crippen LogP contribution in [-0.2, 0) is 6.42 Å². The molecule has 0 atom stereocenters. The molecule has 13 heavy (non-hydrogen) atoms. The summed E-state index contributed by atoms with van der Waals surface area (Å²) in [6.45, 7) is 2.10. The van der Waals surface area contributed by atoms with E-state index in [1.54, 1.807) is 6.20 Å². The van der Waals surface area contributed by atoms with E-state index in [0.717, 1.165) is 16.5 Å². The Bertz CT molecular complexity index is 447. The summed E-state index contributed by atoms with van der Waals surface area (Å²) >= 11 is 3.49. The fraction of sp³-hybridized carbons (Fsp3) is 0.222. The van der Waals surface area contributed by atoms with Crippen LogP contribution < -0.4 is 5.73 Å². The molecule has 2 rings (SSSR count). The molecule has 68 valence electrons. The highest BCUT2D eigenvalue weighted by Crippen LogP contribution is 2.22. The smallest absolute Gasteiger partial charge is 0.142 e. The summed E-state index contributed by atoms with van der Waals surface area (Å²) in [4.78, 5) is 4.26. The van der Waals surface area contributed by atoms with E-state index in [1.165, 1.54) is 5.56 Å². The lowest BCUT2D eigenvalue weighted by Crippen LogP contribution is -1.95. The highest BCUT2D eigenvalue weighted by Gasteiger charge is 2.06. The first-order chi connectivity index (χ1) is 6.24. The van der Waals surface area contributed by atoms with Gasteiger partial charge >= 0.3 is 0 Å². The first-order valence-corrected chi connectivity index (χ1v) is 4.93. The van der Waals surface area contributed by atoms with E-state index in [1.807, 2.05) is 16.7 Å². The molecule has 2 heterocycles. The van der Waals surface area contributed by atoms with Crippen LogP contribution >= 0.6 is 15.9 Å². The van der Waals surface area contributed by atoms with Gasteiger partial charge in [-0.05, 0) is 12.5 Å². The molecular formula is C9H10BrN3. The summed E-state index contributed by atoms with van der Waals surface area (Å²) in [6, 6.07) is 1.99. The van der Waals surface area contributed by atoms with E-state index in [2.05, 4.69) is 27.8 Å². The lowest BCUT2D eigenvalue weighted by molar-refractivity contribution is 1.08. The standard InChI is InChI=1S/C9H10BrN3/c1-2-6-7(10)3-4-13-8(11)5-12-9(6)13/h3-5H,2,11H2,1H3. The van der Waals surface area contributed by atoms with Crippen molar-refractivity contribution in [2.45, 2.75) is 13.3 Å². The molecule has 0 radical (unpaired) electrons. The van der Waals surface area contributed by atoms with Gasteiger partial charge in [-0.1, -0.05) is 22.9 Å². The van der Waals surface area contributed by atoms with Gasteiger partial charge < -0.3 is 5.73 Å². The number of rotatable bonds is 1. The third-order valence-electron chi connectivity index (χ3n) is 2.11. The van der Waals surface area contributed by atoms with E-state index >= 15 is 0 Å². The number of hydrogen-bond acceptors (Lipinski definition) is 2. The average molecular weight is 240 g/mol. The fourth-order valence-electron chi connectivity index (χ4n) is 1.43. The van der Waals surface area contributed by atoms with Crippen molar-refractivity contribution >= 4 is 27.4 Å². The van der Waals surface area contributed by atoms with Gasteiger partial charge in [0, 0.05) is 16.2 Å². The SMILES string of the molecule is CCc1c(Br)ccn2c(N)cnc12. The lowest BCUT2D eigenvalue weighted by atomic mass is 10.2. The zero-order valence-electron chi connectivity index (χ0n) is 7.29. The third-order valence-corrected chi connectivity index (χ3v) is 2.85. The Kier molecular flexibility index (Phi) is 2.00. The van der Waals surface area contributed by atoms with Gasteiger partial charge in [0.1, 0.15) is 11.5 Å². The highest BCUT2D eigenvalue weighted by atomic mass is 79.9. The summed E-state index contributed by atoms with van der Waals surface area (Å²) in [5.74, 6) is 0.678. The van der Waals surface area contributed by atoms with Crippen molar-refractivity contribution in [2.75, 3.05) is 5.73 Å². The first kappa shape index (κ1) is 8.56. The number of nitrogens with two attached hydrogens (primary N) is 1. The number of aromatic nitrogens is 2. The maximum atomic E-state index is 5.74. The van der Waals surface area contributed by atoms with Crippen LogP contribution in [0.4, 0.5) is 5.82 Å². The molecule has 0 aromatic carbocycles. The van der Waals surface area contributed by atoms with E-state index in [0.29, 0.717) is 5.82 Å². The number of nitrogen functional groups attached to an aromatic ring is 1. The van der Waals surface area contributed by atoms with Gasteiger partial charge in [-0.2, -0.15) is 0 Å². The first-order valence-electron chi connectivity index (χ1n) is 4.14. The van der Waals surface area contributed by atoms with Gasteiger partial charge in [-0.25, -0.2) is 4.98 Å². The third kappa shape index (κ3) is 1.21. The molecule has 2 aromatic rings. The number of fused-ring (bicyclic) bond motifs is 1. The normalized spacial score (nSPS) is 10.9. The predicted octanol–water partition coefficient (Wildman–Crippen LogP) is 2.24. The maximum Gasteiger partial charge on any atom is 0.142 e. The zero-order chi connectivity index (χ0) is 9.42. The molecule has 0 bridgehead atoms. The molecule has 0 amide bonds. The number of nitrogens with zero attached hydrogens (tertiary/aromatic N) is 2. The summed E-state index contributed by atoms with van der Waals surface area (Å²) in [5, 5.41) is 0. The van der Waals surface area contributed by atoms with Gasteiger partial charge in [-0.3, -0.25) is 4.40 Å². The molecule has 3 nitrogen and oxygen atoms in total. The Hall–Kier alpha value is -1.03. The van der Waals surface area contributed by atoms with E-state index in [4.69, 9.17) is 5.73 Å². The number of pyridine rings is 1. The topological polar surface area (TPSA) is 43.3 Å². The van der Waals surface area contributed by atoms with E-state index < -0.39 is 0 Å². The minimum Gasteiger partial charge on any atom is -0.383 e. The quantitative estimate of drug-likeness (QED) is 0.830. The number of hydrogen-bond donors (Lipinski definition) is 1. The Balaban J connectivity index is 2.85. The molecule has 0 aliphatic carbocycles. The number of halogens is 1. The molecular weight excluding hydrogens is 230 g/mol. The van der Waals surface area contributed by atoms with Gasteiger partial charge in [0.15, 0.2) is 0 Å². The van der Waals surface area contributed by atoms with Crippen LogP contribution in [0.3, 0.4) is 0 Å². The van der Waals surface area contributed by atoms with Gasteiger partial charge in [-0.15, -0.1) is 0 Å². The molecule has 0 aliphatic rings. The van der Waals surface area contributed by atoms with Gasteiger partial charge in [0.05, 0.1) is 6.20 Å². The molecule has 0 spiro atoms. The van der Waals surface area contributed by atoms with Crippen LogP contribution in [0.1, 0.15) is 12.5 Å². The molecule has 2 aromatic heterocycles. The van der Waals surface area contributed by atoms with Crippen molar-refractivity contribution in [1.82, 2.24) is 9.38 Å². The maximum absolute atomic E-state index is 5.74. The Labute approximate surface area is 84.7 Å². The Morgan fingerprint density at radius 3 is 3.08 bits per heavy atom. The Morgan fingerprint density at radius 2 is 2.38 bits per heavy atom. The minimum absolute atomic E-state index is 0.678. The number of anilines is 1. The van der Waals surface area contributed by atoms with Crippen molar-refractivity contribution in [3.63, 3.8) is 0 Å². The van der Waals surface area contributed by atoms with Crippen molar-refractivity contribution in [2.24, 2.45) is 0 Å². The van der Waals surface area contributed by atoms with Gasteiger partial charge in [0.2, 0.25) is 0 Å². The van der Waals surface area contributed by atoms with Crippen LogP contribution in [0, 0.1) is 0 Å². The van der Waals surface area contributed by atoms with E-state index in [-0.39, 0.29) is 0 Å². The second-order valence-electron chi connectivity index (χ2n) is 2.87. The second-order valence-corrected chi connectivity index (χ2v) is 3.73. The monoisotopic (exact) mass is 239 g/mol. The molecule has 0 aliphatic heterocycles. The number of imidazole rings is 1. The summed E-state index contributed by atoms with van der Waals surface area (Å²) in [6.07, 6.45) is 4.54. The van der Waals surface area contributed by atoms with Crippen LogP contribution in [0.5, 0.6) is 0 Å². The van der Waals surface area contributed by atoms with Crippen LogP contribution in [0.2, 0.25) is 0 Å². The zero-order valence-corrected chi connectivity index (χ0v) is 8.87. The van der Waals surface area contributed by atoms with Crippen molar-refractivity contribution in [1.29, 1.82) is 0 Å². The molecule has 0 fully saturated rings. The molecule has 2 N–H and O–H groups in total. The van der Waals surface area contributed by atoms with Crippen LogP contribution in [0.25, 0.3) is 5.65 Å². The van der Waals surface area contributed by atoms with Gasteiger partial charge in [0.25, 0.3) is 0 Å². The predicted molar refractivity (Wildman–Crippen MR) is 56.7 cm³/mol. The molecule has 4 heteroatoms. The highest BCUT2D eigenvalue weighted by molar-refractivity contribution is 9.10. The number of aryl methyl sites for hydroxylation is 1. The summed E-state index contributed by atoms with van der Waals surface area (Å²) < 4.78 is 2.98. The van der Waals surface area contributed by atoms with Crippen molar-refractivity contribution < 1.29 is 0 Å². The molecule has 0 saturated heterocycles. The molecule has 0 unspecified atom stereocenters. The van der Waals surface area contributed by atoms with Crippen molar-refractivity contribution in [3.8, 4) is 0 Å². The lowest BCUT2D eigenvalue weighted by Gasteiger charge is -2.03. The largest absolute Gasteiger partial charge is 0.383 e. The second kappa shape index (κ2) is 3.03. The summed E-state index contributed by atoms with van der Waals surface area (Å²) in [7, 11) is 0. The van der Waals surface area contributed by atoms with E-state index in [9.17, 15) is 0 Å². The molecule has 0 saturated carbocycles. The summed E-state index contributed by atoms with van der Waals surface area (Å²) in [5.41, 5.74) is 7.87. The average Bonchev–Trinajstić information content (AvgIpc) is 2.48.